The van der Waals surface area contributed by atoms with Gasteiger partial charge in [0.25, 0.3) is 0 Å². The molecule has 70 valence electrons. The molecule has 0 radical (unpaired) electrons. The zero-order valence-corrected chi connectivity index (χ0v) is 7.62. The highest BCUT2D eigenvalue weighted by atomic mass is 16.5. The first-order valence-electron chi connectivity index (χ1n) is 4.64. The van der Waals surface area contributed by atoms with Gasteiger partial charge in [0.2, 0.25) is 0 Å². The van der Waals surface area contributed by atoms with Crippen molar-refractivity contribution in [2.24, 2.45) is 5.73 Å². The van der Waals surface area contributed by atoms with Crippen LogP contribution in [0.3, 0.4) is 0 Å². The molecule has 1 aliphatic rings. The smallest absolute Gasteiger partial charge is 0.0734 e. The molecule has 0 aliphatic carbocycles. The fourth-order valence-electron chi connectivity index (χ4n) is 1.59. The first-order chi connectivity index (χ1) is 6.40. The molecule has 0 saturated carbocycles. The van der Waals surface area contributed by atoms with E-state index >= 15 is 0 Å². The molecular formula is C10H14N2O. The fraction of sp³-hybridized carbons (Fsp3) is 0.500. The van der Waals surface area contributed by atoms with Crippen LogP contribution in [0.4, 0.5) is 0 Å². The summed E-state index contributed by atoms with van der Waals surface area (Å²) in [5.74, 6) is 0. The van der Waals surface area contributed by atoms with Gasteiger partial charge in [0.1, 0.15) is 0 Å². The molecule has 1 aromatic heterocycles. The molecule has 1 aliphatic heterocycles. The maximum Gasteiger partial charge on any atom is 0.0734 e. The van der Waals surface area contributed by atoms with Crippen LogP contribution in [0.5, 0.6) is 0 Å². The van der Waals surface area contributed by atoms with E-state index in [1.54, 1.807) is 0 Å². The quantitative estimate of drug-likeness (QED) is 0.723. The monoisotopic (exact) mass is 178 g/mol. The Labute approximate surface area is 77.9 Å². The summed E-state index contributed by atoms with van der Waals surface area (Å²) in [6.07, 6.45) is 3.77. The number of aromatic nitrogens is 1. The molecule has 0 amide bonds. The van der Waals surface area contributed by atoms with Crippen LogP contribution in [-0.2, 0) is 24.2 Å². The van der Waals surface area contributed by atoms with Gasteiger partial charge in [-0.05, 0) is 24.1 Å². The summed E-state index contributed by atoms with van der Waals surface area (Å²) < 4.78 is 5.36. The highest BCUT2D eigenvalue weighted by molar-refractivity contribution is 5.26. The second kappa shape index (κ2) is 3.85. The van der Waals surface area contributed by atoms with E-state index in [9.17, 15) is 0 Å². The normalized spacial score (nSPS) is 15.5. The Kier molecular flexibility index (Phi) is 2.57. The molecule has 3 nitrogen and oxygen atoms in total. The minimum Gasteiger partial charge on any atom is -0.376 e. The molecule has 2 heterocycles. The van der Waals surface area contributed by atoms with E-state index in [4.69, 9.17) is 10.5 Å². The van der Waals surface area contributed by atoms with Crippen molar-refractivity contribution in [1.29, 1.82) is 0 Å². The second-order valence-corrected chi connectivity index (χ2v) is 3.29. The number of hydrogen-bond acceptors (Lipinski definition) is 3. The number of ether oxygens (including phenoxy) is 1. The van der Waals surface area contributed by atoms with E-state index in [2.05, 4.69) is 11.1 Å². The largest absolute Gasteiger partial charge is 0.376 e. The number of rotatable bonds is 2. The summed E-state index contributed by atoms with van der Waals surface area (Å²) in [6.45, 7) is 2.19. The van der Waals surface area contributed by atoms with Crippen LogP contribution < -0.4 is 5.73 Å². The maximum absolute atomic E-state index is 5.48. The first-order valence-corrected chi connectivity index (χ1v) is 4.64. The minimum absolute atomic E-state index is 0.682. The third kappa shape index (κ3) is 1.87. The van der Waals surface area contributed by atoms with Crippen molar-refractivity contribution >= 4 is 0 Å². The van der Waals surface area contributed by atoms with E-state index in [-0.39, 0.29) is 0 Å². The topological polar surface area (TPSA) is 48.1 Å². The Hall–Kier alpha value is -0.930. The Morgan fingerprint density at radius 3 is 3.31 bits per heavy atom. The van der Waals surface area contributed by atoms with Gasteiger partial charge in [0, 0.05) is 18.3 Å². The molecule has 3 heteroatoms. The van der Waals surface area contributed by atoms with Crippen LogP contribution in [-0.4, -0.2) is 18.1 Å². The maximum atomic E-state index is 5.48. The van der Waals surface area contributed by atoms with Crippen LogP contribution >= 0.6 is 0 Å². The van der Waals surface area contributed by atoms with Gasteiger partial charge in [-0.3, -0.25) is 4.98 Å². The number of pyridine rings is 1. The van der Waals surface area contributed by atoms with Crippen molar-refractivity contribution in [2.75, 3.05) is 13.2 Å². The van der Waals surface area contributed by atoms with Crippen LogP contribution in [0.1, 0.15) is 16.8 Å². The molecule has 0 bridgehead atoms. The van der Waals surface area contributed by atoms with E-state index < -0.39 is 0 Å². The predicted octanol–water partition coefficient (Wildman–Crippen LogP) is 0.655. The summed E-state index contributed by atoms with van der Waals surface area (Å²) in [5, 5.41) is 0. The lowest BCUT2D eigenvalue weighted by Crippen LogP contribution is -2.13. The van der Waals surface area contributed by atoms with Gasteiger partial charge < -0.3 is 10.5 Å². The summed E-state index contributed by atoms with van der Waals surface area (Å²) in [6, 6.07) is 2.16. The first kappa shape index (κ1) is 8.66. The van der Waals surface area contributed by atoms with Gasteiger partial charge in [0.05, 0.1) is 13.2 Å². The average Bonchev–Trinajstić information content (AvgIpc) is 2.18. The summed E-state index contributed by atoms with van der Waals surface area (Å²) in [7, 11) is 0. The lowest BCUT2D eigenvalue weighted by Gasteiger charge is -2.15. The third-order valence-corrected chi connectivity index (χ3v) is 2.29. The molecule has 1 aromatic rings. The molecule has 0 saturated heterocycles. The molecule has 0 spiro atoms. The Morgan fingerprint density at radius 1 is 1.54 bits per heavy atom. The van der Waals surface area contributed by atoms with E-state index in [1.165, 1.54) is 16.8 Å². The van der Waals surface area contributed by atoms with Crippen molar-refractivity contribution in [3.63, 3.8) is 0 Å². The SMILES string of the molecule is NCCc1cnc2c(c1)COCC2. The fourth-order valence-corrected chi connectivity index (χ4v) is 1.59. The molecule has 0 unspecified atom stereocenters. The molecule has 0 aromatic carbocycles. The zero-order valence-electron chi connectivity index (χ0n) is 7.62. The molecule has 13 heavy (non-hydrogen) atoms. The number of hydrogen-bond donors (Lipinski definition) is 1. The molecule has 0 atom stereocenters. The van der Waals surface area contributed by atoms with E-state index in [1.807, 2.05) is 6.20 Å². The van der Waals surface area contributed by atoms with E-state index in [0.29, 0.717) is 13.2 Å². The Bertz CT molecular complexity index is 299. The lowest BCUT2D eigenvalue weighted by molar-refractivity contribution is 0.109. The summed E-state index contributed by atoms with van der Waals surface area (Å²) >= 11 is 0. The minimum atomic E-state index is 0.682. The van der Waals surface area contributed by atoms with Crippen molar-refractivity contribution in [1.82, 2.24) is 4.98 Å². The zero-order chi connectivity index (χ0) is 9.10. The van der Waals surface area contributed by atoms with Gasteiger partial charge >= 0.3 is 0 Å². The Balaban J connectivity index is 2.24. The van der Waals surface area contributed by atoms with Crippen LogP contribution in [0, 0.1) is 0 Å². The summed E-state index contributed by atoms with van der Waals surface area (Å²) in [4.78, 5) is 4.40. The third-order valence-electron chi connectivity index (χ3n) is 2.29. The van der Waals surface area contributed by atoms with Crippen LogP contribution in [0.15, 0.2) is 12.3 Å². The predicted molar refractivity (Wildman–Crippen MR) is 50.4 cm³/mol. The van der Waals surface area contributed by atoms with Gasteiger partial charge in [-0.1, -0.05) is 6.07 Å². The number of nitrogens with zero attached hydrogens (tertiary/aromatic N) is 1. The highest BCUT2D eigenvalue weighted by Crippen LogP contribution is 2.15. The number of nitrogens with two attached hydrogens (primary N) is 1. The standard InChI is InChI=1S/C10H14N2O/c11-3-1-8-5-9-7-13-4-2-10(9)12-6-8/h5-6H,1-4,7,11H2. The summed E-state index contributed by atoms with van der Waals surface area (Å²) in [5.41, 5.74) is 9.11. The van der Waals surface area contributed by atoms with Gasteiger partial charge in [-0.15, -0.1) is 0 Å². The van der Waals surface area contributed by atoms with Crippen molar-refractivity contribution < 1.29 is 4.74 Å². The van der Waals surface area contributed by atoms with Crippen LogP contribution in [0.25, 0.3) is 0 Å². The van der Waals surface area contributed by atoms with Crippen molar-refractivity contribution in [3.05, 3.63) is 29.1 Å². The molecule has 2 rings (SSSR count). The highest BCUT2D eigenvalue weighted by Gasteiger charge is 2.10. The Morgan fingerprint density at radius 2 is 2.46 bits per heavy atom. The van der Waals surface area contributed by atoms with Crippen molar-refractivity contribution in [2.45, 2.75) is 19.4 Å². The second-order valence-electron chi connectivity index (χ2n) is 3.29. The molecular weight excluding hydrogens is 164 g/mol. The average molecular weight is 178 g/mol. The number of fused-ring (bicyclic) bond motifs is 1. The van der Waals surface area contributed by atoms with Crippen LogP contribution in [0.2, 0.25) is 0 Å². The van der Waals surface area contributed by atoms with Gasteiger partial charge in [0.15, 0.2) is 0 Å². The molecule has 2 N–H and O–H groups in total. The van der Waals surface area contributed by atoms with E-state index in [0.717, 1.165) is 19.4 Å². The lowest BCUT2D eigenvalue weighted by atomic mass is 10.1. The van der Waals surface area contributed by atoms with Crippen molar-refractivity contribution in [3.8, 4) is 0 Å². The molecule has 0 fully saturated rings. The van der Waals surface area contributed by atoms with Gasteiger partial charge in [-0.2, -0.15) is 0 Å². The van der Waals surface area contributed by atoms with Gasteiger partial charge in [-0.25, -0.2) is 0 Å².